The van der Waals surface area contributed by atoms with E-state index in [0.717, 1.165) is 44.8 Å². The number of Topliss-reactive ketones (excluding diaryl/α,β-unsaturated/α-hetero) is 2. The van der Waals surface area contributed by atoms with Crippen molar-refractivity contribution in [3.8, 4) is 44.8 Å². The number of nitrogens with zero attached hydrogens (tertiary/aromatic N) is 2. The molecule has 0 fully saturated rings. The molecule has 0 aliphatic rings. The van der Waals surface area contributed by atoms with Crippen molar-refractivity contribution in [1.29, 1.82) is 0 Å². The highest BCUT2D eigenvalue weighted by Gasteiger charge is 2.11. The van der Waals surface area contributed by atoms with E-state index in [2.05, 4.69) is 34.2 Å². The van der Waals surface area contributed by atoms with E-state index >= 15 is 0 Å². The molecule has 0 radical (unpaired) electrons. The van der Waals surface area contributed by atoms with Crippen molar-refractivity contribution < 1.29 is 9.59 Å². The summed E-state index contributed by atoms with van der Waals surface area (Å²) in [5.41, 5.74) is 8.92. The van der Waals surface area contributed by atoms with Crippen LogP contribution >= 0.6 is 0 Å². The van der Waals surface area contributed by atoms with Crippen LogP contribution < -0.4 is 0 Å². The Balaban J connectivity index is 1.45. The molecule has 0 saturated carbocycles. The van der Waals surface area contributed by atoms with Crippen molar-refractivity contribution in [2.75, 3.05) is 0 Å². The first-order valence-corrected chi connectivity index (χ1v) is 11.7. The summed E-state index contributed by atoms with van der Waals surface area (Å²) in [6.07, 6.45) is 3.73. The van der Waals surface area contributed by atoms with Crippen LogP contribution in [0.4, 0.5) is 0 Å². The van der Waals surface area contributed by atoms with Gasteiger partial charge in [0.05, 0.1) is 11.4 Å². The van der Waals surface area contributed by atoms with Crippen molar-refractivity contribution in [2.45, 2.75) is 13.8 Å². The molecular weight excluding hydrogens is 444 g/mol. The van der Waals surface area contributed by atoms with Gasteiger partial charge in [0, 0.05) is 45.8 Å². The number of carbonyl (C=O) groups is 2. The number of ketones is 2. The molecule has 5 aromatic rings. The zero-order valence-electron chi connectivity index (χ0n) is 20.1. The molecule has 4 nitrogen and oxygen atoms in total. The summed E-state index contributed by atoms with van der Waals surface area (Å²) < 4.78 is 0. The molecule has 3 aromatic carbocycles. The lowest BCUT2D eigenvalue weighted by atomic mass is 9.95. The minimum Gasteiger partial charge on any atom is -0.295 e. The molecule has 174 valence electrons. The largest absolute Gasteiger partial charge is 0.295 e. The summed E-state index contributed by atoms with van der Waals surface area (Å²) in [6.45, 7) is 3.13. The lowest BCUT2D eigenvalue weighted by molar-refractivity contribution is 0.100. The van der Waals surface area contributed by atoms with Gasteiger partial charge in [0.25, 0.3) is 0 Å². The molecule has 2 heterocycles. The Morgan fingerprint density at radius 3 is 1.31 bits per heavy atom. The molecule has 0 unspecified atom stereocenters. The summed E-state index contributed by atoms with van der Waals surface area (Å²) in [7, 11) is 0. The first kappa shape index (κ1) is 23.1. The first-order chi connectivity index (χ1) is 17.5. The predicted octanol–water partition coefficient (Wildman–Crippen LogP) is 7.55. The van der Waals surface area contributed by atoms with Gasteiger partial charge in [-0.1, -0.05) is 72.8 Å². The van der Waals surface area contributed by atoms with Gasteiger partial charge >= 0.3 is 0 Å². The Bertz CT molecular complexity index is 1450. The van der Waals surface area contributed by atoms with Gasteiger partial charge in [-0.3, -0.25) is 19.6 Å². The van der Waals surface area contributed by atoms with E-state index in [1.165, 1.54) is 0 Å². The van der Waals surface area contributed by atoms with Gasteiger partial charge < -0.3 is 0 Å². The number of hydrogen-bond donors (Lipinski definition) is 0. The quantitative estimate of drug-likeness (QED) is 0.241. The number of aromatic nitrogens is 2. The maximum atomic E-state index is 11.7. The van der Waals surface area contributed by atoms with Gasteiger partial charge in [-0.15, -0.1) is 0 Å². The second-order valence-corrected chi connectivity index (χ2v) is 8.68. The first-order valence-electron chi connectivity index (χ1n) is 11.7. The van der Waals surface area contributed by atoms with E-state index in [1.54, 1.807) is 13.8 Å². The molecular formula is C32H24N2O2. The zero-order chi connectivity index (χ0) is 25.1. The van der Waals surface area contributed by atoms with Crippen molar-refractivity contribution in [2.24, 2.45) is 0 Å². The fraction of sp³-hybridized carbons (Fsp3) is 0.0625. The number of carbonyl (C=O) groups excluding carboxylic acids is 2. The Hall–Kier alpha value is -4.70. The van der Waals surface area contributed by atoms with Gasteiger partial charge in [0.15, 0.2) is 11.6 Å². The average molecular weight is 469 g/mol. The van der Waals surface area contributed by atoms with E-state index in [9.17, 15) is 9.59 Å². The van der Waals surface area contributed by atoms with Crippen molar-refractivity contribution in [3.05, 3.63) is 121 Å². The summed E-state index contributed by atoms with van der Waals surface area (Å²) >= 11 is 0. The monoisotopic (exact) mass is 468 g/mol. The standard InChI is InChI=1S/C32H24N2O2/c1-21(35)23-7-5-9-25(17-23)31-15-13-27(19-33-31)29-11-3-4-12-30(29)28-14-16-32(34-20-28)26-10-6-8-24(18-26)22(2)36/h3-20H,1-2H3. The highest BCUT2D eigenvalue weighted by Crippen LogP contribution is 2.33. The van der Waals surface area contributed by atoms with Crippen LogP contribution in [0.5, 0.6) is 0 Å². The summed E-state index contributed by atoms with van der Waals surface area (Å²) in [6, 6.07) is 31.3. The van der Waals surface area contributed by atoms with Gasteiger partial charge in [-0.25, -0.2) is 0 Å². The van der Waals surface area contributed by atoms with E-state index in [1.807, 2.05) is 85.2 Å². The molecule has 0 N–H and O–H groups in total. The fourth-order valence-electron chi connectivity index (χ4n) is 4.23. The second kappa shape index (κ2) is 9.88. The molecule has 5 rings (SSSR count). The molecule has 0 amide bonds. The Labute approximate surface area is 210 Å². The molecule has 2 aromatic heterocycles. The third-order valence-electron chi connectivity index (χ3n) is 6.21. The van der Waals surface area contributed by atoms with Crippen molar-refractivity contribution in [1.82, 2.24) is 9.97 Å². The fourth-order valence-corrected chi connectivity index (χ4v) is 4.23. The van der Waals surface area contributed by atoms with Crippen LogP contribution in [-0.2, 0) is 0 Å². The van der Waals surface area contributed by atoms with Gasteiger partial charge in [0.1, 0.15) is 0 Å². The molecule has 4 heteroatoms. The smallest absolute Gasteiger partial charge is 0.159 e. The lowest BCUT2D eigenvalue weighted by Gasteiger charge is -2.11. The van der Waals surface area contributed by atoms with Crippen molar-refractivity contribution >= 4 is 11.6 Å². The van der Waals surface area contributed by atoms with E-state index < -0.39 is 0 Å². The molecule has 0 aliphatic heterocycles. The number of hydrogen-bond acceptors (Lipinski definition) is 4. The van der Waals surface area contributed by atoms with E-state index in [0.29, 0.717) is 11.1 Å². The van der Waals surface area contributed by atoms with E-state index in [4.69, 9.17) is 0 Å². The molecule has 0 aliphatic carbocycles. The van der Waals surface area contributed by atoms with Crippen LogP contribution in [0.3, 0.4) is 0 Å². The topological polar surface area (TPSA) is 59.9 Å². The lowest BCUT2D eigenvalue weighted by Crippen LogP contribution is -1.93. The SMILES string of the molecule is CC(=O)c1cccc(-c2ccc(-c3ccccc3-c3ccc(-c4cccc(C(C)=O)c4)nc3)cn2)c1. The van der Waals surface area contributed by atoms with Crippen LogP contribution in [-0.4, -0.2) is 21.5 Å². The Kier molecular flexibility index (Phi) is 6.33. The molecule has 36 heavy (non-hydrogen) atoms. The maximum Gasteiger partial charge on any atom is 0.159 e. The van der Waals surface area contributed by atoms with Gasteiger partial charge in [-0.2, -0.15) is 0 Å². The number of pyridine rings is 2. The third kappa shape index (κ3) is 4.75. The minimum atomic E-state index is 0.0357. The molecule has 0 spiro atoms. The van der Waals surface area contributed by atoms with Crippen LogP contribution in [0.15, 0.2) is 109 Å². The van der Waals surface area contributed by atoms with Crippen LogP contribution in [0.25, 0.3) is 44.8 Å². The summed E-state index contributed by atoms with van der Waals surface area (Å²) in [5, 5.41) is 0. The number of benzene rings is 3. The van der Waals surface area contributed by atoms with Crippen molar-refractivity contribution in [3.63, 3.8) is 0 Å². The minimum absolute atomic E-state index is 0.0357. The third-order valence-corrected chi connectivity index (χ3v) is 6.21. The highest BCUT2D eigenvalue weighted by molar-refractivity contribution is 5.96. The Morgan fingerprint density at radius 2 is 0.944 bits per heavy atom. The summed E-state index contributed by atoms with van der Waals surface area (Å²) in [4.78, 5) is 32.9. The van der Waals surface area contributed by atoms with Crippen LogP contribution in [0.2, 0.25) is 0 Å². The summed E-state index contributed by atoms with van der Waals surface area (Å²) in [5.74, 6) is 0.0714. The van der Waals surface area contributed by atoms with Gasteiger partial charge in [0.2, 0.25) is 0 Å². The normalized spacial score (nSPS) is 10.7. The molecule has 0 atom stereocenters. The second-order valence-electron chi connectivity index (χ2n) is 8.68. The highest BCUT2D eigenvalue weighted by atomic mass is 16.1. The predicted molar refractivity (Wildman–Crippen MR) is 144 cm³/mol. The average Bonchev–Trinajstić information content (AvgIpc) is 2.93. The zero-order valence-corrected chi connectivity index (χ0v) is 20.1. The van der Waals surface area contributed by atoms with Gasteiger partial charge in [-0.05, 0) is 49.2 Å². The Morgan fingerprint density at radius 1 is 0.500 bits per heavy atom. The molecule has 0 saturated heterocycles. The van der Waals surface area contributed by atoms with E-state index in [-0.39, 0.29) is 11.6 Å². The van der Waals surface area contributed by atoms with Crippen LogP contribution in [0.1, 0.15) is 34.6 Å². The van der Waals surface area contributed by atoms with Crippen LogP contribution in [0, 0.1) is 0 Å². The number of rotatable bonds is 6. The molecule has 0 bridgehead atoms. The maximum absolute atomic E-state index is 11.7.